The molecule has 8 nitrogen and oxygen atoms in total. The van der Waals surface area contributed by atoms with Crippen LogP contribution in [0.25, 0.3) is 0 Å². The highest BCUT2D eigenvalue weighted by Gasteiger charge is 2.38. The van der Waals surface area contributed by atoms with Gasteiger partial charge in [-0.05, 0) is 44.6 Å². The summed E-state index contributed by atoms with van der Waals surface area (Å²) in [6.07, 6.45) is 5.19. The van der Waals surface area contributed by atoms with Gasteiger partial charge in [-0.15, -0.1) is 0 Å². The van der Waals surface area contributed by atoms with Gasteiger partial charge in [0, 0.05) is 57.4 Å². The van der Waals surface area contributed by atoms with Crippen molar-refractivity contribution in [3.63, 3.8) is 0 Å². The number of aromatic nitrogens is 2. The zero-order valence-corrected chi connectivity index (χ0v) is 17.6. The fraction of sp³-hybridized carbons (Fsp3) is 0.762. The molecule has 0 spiro atoms. The second-order valence-corrected chi connectivity index (χ2v) is 8.73. The molecule has 2 amide bonds. The van der Waals surface area contributed by atoms with Gasteiger partial charge in [-0.2, -0.15) is 5.10 Å². The van der Waals surface area contributed by atoms with E-state index >= 15 is 0 Å². The van der Waals surface area contributed by atoms with Gasteiger partial charge in [0.1, 0.15) is 5.69 Å². The van der Waals surface area contributed by atoms with Crippen LogP contribution in [-0.4, -0.2) is 82.9 Å². The number of hydrogen-bond donors (Lipinski definition) is 1. The van der Waals surface area contributed by atoms with E-state index in [1.165, 1.54) is 12.8 Å². The highest BCUT2D eigenvalue weighted by atomic mass is 16.5. The van der Waals surface area contributed by atoms with E-state index in [-0.39, 0.29) is 17.9 Å². The van der Waals surface area contributed by atoms with Crippen LogP contribution in [0, 0.1) is 12.8 Å². The molecule has 1 saturated carbocycles. The third-order valence-electron chi connectivity index (χ3n) is 6.56. The average Bonchev–Trinajstić information content (AvgIpc) is 3.38. The molecule has 8 heteroatoms. The van der Waals surface area contributed by atoms with Crippen molar-refractivity contribution >= 4 is 11.8 Å². The van der Waals surface area contributed by atoms with Crippen LogP contribution in [0.5, 0.6) is 0 Å². The largest absolute Gasteiger partial charge is 0.378 e. The minimum Gasteiger partial charge on any atom is -0.378 e. The predicted octanol–water partition coefficient (Wildman–Crippen LogP) is 0.950. The summed E-state index contributed by atoms with van der Waals surface area (Å²) in [4.78, 5) is 29.7. The molecule has 1 aliphatic carbocycles. The smallest absolute Gasteiger partial charge is 0.271 e. The standard InChI is InChI=1S/C21H33N5O3/c1-15-11-19(23-24(15)2)21(28)22-13-18-6-5-17(26(18)14-16-3-4-16)12-20(27)25-7-9-29-10-8-25/h11,16-18H,3-10,12-14H2,1-2H3,(H,22,28)/t17-,18+/m1/s1. The van der Waals surface area contributed by atoms with Crippen LogP contribution >= 0.6 is 0 Å². The second-order valence-electron chi connectivity index (χ2n) is 8.73. The van der Waals surface area contributed by atoms with Crippen LogP contribution in [0.2, 0.25) is 0 Å². The molecule has 0 aromatic carbocycles. The average molecular weight is 404 g/mol. The van der Waals surface area contributed by atoms with E-state index in [0.29, 0.717) is 51.0 Å². The summed E-state index contributed by atoms with van der Waals surface area (Å²) in [6, 6.07) is 2.40. The van der Waals surface area contributed by atoms with Crippen molar-refractivity contribution in [3.8, 4) is 0 Å². The Kier molecular flexibility index (Phi) is 6.20. The third-order valence-corrected chi connectivity index (χ3v) is 6.56. The molecule has 0 radical (unpaired) electrons. The molecule has 1 aromatic rings. The molecular formula is C21H33N5O3. The zero-order chi connectivity index (χ0) is 20.4. The summed E-state index contributed by atoms with van der Waals surface area (Å²) in [5.41, 5.74) is 1.43. The van der Waals surface area contributed by atoms with Crippen molar-refractivity contribution < 1.29 is 14.3 Å². The van der Waals surface area contributed by atoms with E-state index in [2.05, 4.69) is 15.3 Å². The summed E-state index contributed by atoms with van der Waals surface area (Å²) in [7, 11) is 1.84. The Morgan fingerprint density at radius 1 is 1.17 bits per heavy atom. The number of nitrogens with one attached hydrogen (secondary N) is 1. The van der Waals surface area contributed by atoms with Gasteiger partial charge in [0.05, 0.1) is 13.2 Å². The summed E-state index contributed by atoms with van der Waals surface area (Å²) in [6.45, 7) is 6.30. The molecule has 1 aromatic heterocycles. The first-order valence-corrected chi connectivity index (χ1v) is 10.9. The van der Waals surface area contributed by atoms with Gasteiger partial charge in [-0.1, -0.05) is 0 Å². The Hall–Kier alpha value is -1.93. The van der Waals surface area contributed by atoms with E-state index in [4.69, 9.17) is 4.74 Å². The number of aryl methyl sites for hydroxylation is 2. The molecule has 1 N–H and O–H groups in total. The van der Waals surface area contributed by atoms with Crippen molar-refractivity contribution in [1.29, 1.82) is 0 Å². The molecule has 4 rings (SSSR count). The third kappa shape index (κ3) is 4.98. The first-order chi connectivity index (χ1) is 14.0. The van der Waals surface area contributed by atoms with Crippen LogP contribution in [-0.2, 0) is 16.6 Å². The Balaban J connectivity index is 1.33. The lowest BCUT2D eigenvalue weighted by Crippen LogP contribution is -2.47. The van der Waals surface area contributed by atoms with Gasteiger partial charge in [-0.25, -0.2) is 0 Å². The number of carbonyl (C=O) groups is 2. The van der Waals surface area contributed by atoms with Gasteiger partial charge >= 0.3 is 0 Å². The first-order valence-electron chi connectivity index (χ1n) is 10.9. The summed E-state index contributed by atoms with van der Waals surface area (Å²) < 4.78 is 7.09. The molecule has 29 heavy (non-hydrogen) atoms. The van der Waals surface area contributed by atoms with Crippen molar-refractivity contribution in [3.05, 3.63) is 17.5 Å². The van der Waals surface area contributed by atoms with E-state index in [1.54, 1.807) is 4.68 Å². The van der Waals surface area contributed by atoms with Crippen molar-refractivity contribution in [2.45, 2.75) is 51.1 Å². The SMILES string of the molecule is Cc1cc(C(=O)NC[C@@H]2CC[C@H](CC(=O)N3CCOCC3)N2CC2CC2)nn1C. The Labute approximate surface area is 172 Å². The lowest BCUT2D eigenvalue weighted by atomic mass is 10.1. The van der Waals surface area contributed by atoms with Gasteiger partial charge < -0.3 is 15.0 Å². The fourth-order valence-electron chi connectivity index (χ4n) is 4.47. The Bertz CT molecular complexity index is 719. The minimum atomic E-state index is -0.118. The lowest BCUT2D eigenvalue weighted by Gasteiger charge is -2.33. The predicted molar refractivity (Wildman–Crippen MR) is 109 cm³/mol. The van der Waals surface area contributed by atoms with Crippen molar-refractivity contribution in [2.75, 3.05) is 39.4 Å². The summed E-state index contributed by atoms with van der Waals surface area (Å²) >= 11 is 0. The number of carbonyl (C=O) groups excluding carboxylic acids is 2. The quantitative estimate of drug-likeness (QED) is 0.733. The molecule has 160 valence electrons. The molecule has 0 bridgehead atoms. The molecule has 3 fully saturated rings. The van der Waals surface area contributed by atoms with Gasteiger partial charge in [0.2, 0.25) is 5.91 Å². The number of likely N-dealkylation sites (tertiary alicyclic amines) is 1. The van der Waals surface area contributed by atoms with E-state index in [9.17, 15) is 9.59 Å². The number of hydrogen-bond acceptors (Lipinski definition) is 5. The first kappa shape index (κ1) is 20.3. The maximum absolute atomic E-state index is 12.8. The fourth-order valence-corrected chi connectivity index (χ4v) is 4.47. The van der Waals surface area contributed by atoms with E-state index < -0.39 is 0 Å². The molecule has 2 aliphatic heterocycles. The van der Waals surface area contributed by atoms with Crippen LogP contribution in [0.4, 0.5) is 0 Å². The molecule has 3 heterocycles. The number of amides is 2. The Morgan fingerprint density at radius 3 is 2.55 bits per heavy atom. The Morgan fingerprint density at radius 2 is 1.90 bits per heavy atom. The molecular weight excluding hydrogens is 370 g/mol. The number of rotatable bonds is 7. The maximum Gasteiger partial charge on any atom is 0.271 e. The molecule has 2 atom stereocenters. The molecule has 0 unspecified atom stereocenters. The monoisotopic (exact) mass is 403 g/mol. The highest BCUT2D eigenvalue weighted by molar-refractivity contribution is 5.92. The van der Waals surface area contributed by atoms with E-state index in [1.807, 2.05) is 24.9 Å². The number of nitrogens with zero attached hydrogens (tertiary/aromatic N) is 4. The van der Waals surface area contributed by atoms with Crippen LogP contribution < -0.4 is 5.32 Å². The summed E-state index contributed by atoms with van der Waals surface area (Å²) in [5.74, 6) is 0.881. The summed E-state index contributed by atoms with van der Waals surface area (Å²) in [5, 5.41) is 7.34. The van der Waals surface area contributed by atoms with Crippen molar-refractivity contribution in [2.24, 2.45) is 13.0 Å². The maximum atomic E-state index is 12.8. The zero-order valence-electron chi connectivity index (χ0n) is 17.6. The van der Waals surface area contributed by atoms with Crippen LogP contribution in [0.1, 0.15) is 48.3 Å². The van der Waals surface area contributed by atoms with Gasteiger partial charge in [0.15, 0.2) is 0 Å². The second kappa shape index (κ2) is 8.83. The normalized spacial score (nSPS) is 25.4. The minimum absolute atomic E-state index is 0.118. The van der Waals surface area contributed by atoms with Crippen LogP contribution in [0.15, 0.2) is 6.07 Å². The highest BCUT2D eigenvalue weighted by Crippen LogP contribution is 2.35. The number of ether oxygens (including phenoxy) is 1. The van der Waals surface area contributed by atoms with Gasteiger partial charge in [0.25, 0.3) is 5.91 Å². The molecule has 3 aliphatic rings. The topological polar surface area (TPSA) is 79.7 Å². The lowest BCUT2D eigenvalue weighted by molar-refractivity contribution is -0.136. The van der Waals surface area contributed by atoms with Crippen molar-refractivity contribution in [1.82, 2.24) is 24.9 Å². The van der Waals surface area contributed by atoms with E-state index in [0.717, 1.165) is 31.0 Å². The molecule has 2 saturated heterocycles. The van der Waals surface area contributed by atoms with Gasteiger partial charge in [-0.3, -0.25) is 19.2 Å². The number of morpholine rings is 1. The van der Waals surface area contributed by atoms with Crippen LogP contribution in [0.3, 0.4) is 0 Å².